The molecule has 0 aromatic heterocycles. The van der Waals surface area contributed by atoms with E-state index >= 15 is 0 Å². The summed E-state index contributed by atoms with van der Waals surface area (Å²) >= 11 is 5.03. The van der Waals surface area contributed by atoms with Gasteiger partial charge in [0.1, 0.15) is 0 Å². The number of hydrogen-bond acceptors (Lipinski definition) is 3. The highest BCUT2D eigenvalue weighted by atomic mass is 32.1. The number of non-ortho nitro benzene ring substituents is 1. The fourth-order valence-corrected chi connectivity index (χ4v) is 1.38. The number of benzene rings is 1. The van der Waals surface area contributed by atoms with Crippen LogP contribution in [0.15, 0.2) is 30.9 Å². The molecule has 90 valence electrons. The summed E-state index contributed by atoms with van der Waals surface area (Å²) in [5, 5.41) is 16.8. The largest absolute Gasteiger partial charge is 0.359 e. The SMILES string of the molecule is C=CCNC(=S)Nc1cc([N+](=O)[O-])ccc1C. The lowest BCUT2D eigenvalue weighted by Crippen LogP contribution is -2.28. The van der Waals surface area contributed by atoms with E-state index in [1.807, 2.05) is 6.92 Å². The number of nitrogens with one attached hydrogen (secondary N) is 2. The molecule has 17 heavy (non-hydrogen) atoms. The summed E-state index contributed by atoms with van der Waals surface area (Å²) in [5.74, 6) is 0. The van der Waals surface area contributed by atoms with Gasteiger partial charge in [-0.05, 0) is 24.7 Å². The van der Waals surface area contributed by atoms with Crippen molar-refractivity contribution >= 4 is 28.7 Å². The molecule has 1 aromatic carbocycles. The molecule has 0 saturated heterocycles. The molecule has 0 atom stereocenters. The zero-order chi connectivity index (χ0) is 12.8. The number of nitro benzene ring substituents is 1. The molecule has 0 fully saturated rings. The van der Waals surface area contributed by atoms with E-state index < -0.39 is 4.92 Å². The summed E-state index contributed by atoms with van der Waals surface area (Å²) in [6.45, 7) is 5.95. The Labute approximate surface area is 105 Å². The molecule has 0 aliphatic rings. The number of rotatable bonds is 4. The fourth-order valence-electron chi connectivity index (χ4n) is 1.19. The highest BCUT2D eigenvalue weighted by Crippen LogP contribution is 2.21. The van der Waals surface area contributed by atoms with E-state index in [9.17, 15) is 10.1 Å². The van der Waals surface area contributed by atoms with Gasteiger partial charge in [0.05, 0.1) is 4.92 Å². The molecule has 1 rings (SSSR count). The summed E-state index contributed by atoms with van der Waals surface area (Å²) in [7, 11) is 0. The third-order valence-corrected chi connectivity index (χ3v) is 2.33. The topological polar surface area (TPSA) is 67.2 Å². The van der Waals surface area contributed by atoms with Gasteiger partial charge in [0.25, 0.3) is 5.69 Å². The second-order valence-corrected chi connectivity index (χ2v) is 3.79. The predicted molar refractivity (Wildman–Crippen MR) is 72.3 cm³/mol. The van der Waals surface area contributed by atoms with Crippen molar-refractivity contribution in [3.05, 3.63) is 46.5 Å². The van der Waals surface area contributed by atoms with Gasteiger partial charge in [-0.2, -0.15) is 0 Å². The number of anilines is 1. The van der Waals surface area contributed by atoms with Crippen LogP contribution < -0.4 is 10.6 Å². The molecular weight excluding hydrogens is 238 g/mol. The van der Waals surface area contributed by atoms with E-state index in [1.165, 1.54) is 12.1 Å². The molecule has 0 unspecified atom stereocenters. The smallest absolute Gasteiger partial charge is 0.271 e. The second-order valence-electron chi connectivity index (χ2n) is 3.38. The van der Waals surface area contributed by atoms with Gasteiger partial charge in [0.15, 0.2) is 5.11 Å². The summed E-state index contributed by atoms with van der Waals surface area (Å²) in [6, 6.07) is 4.59. The first-order valence-corrected chi connectivity index (χ1v) is 5.36. The molecule has 6 heteroatoms. The molecule has 0 saturated carbocycles. The third kappa shape index (κ3) is 3.84. The Morgan fingerprint density at radius 3 is 2.94 bits per heavy atom. The van der Waals surface area contributed by atoms with Crippen LogP contribution in [0.2, 0.25) is 0 Å². The van der Waals surface area contributed by atoms with Crippen LogP contribution in [0.25, 0.3) is 0 Å². The maximum Gasteiger partial charge on any atom is 0.271 e. The average Bonchev–Trinajstić information content (AvgIpc) is 2.29. The third-order valence-electron chi connectivity index (χ3n) is 2.09. The van der Waals surface area contributed by atoms with E-state index in [-0.39, 0.29) is 5.69 Å². The van der Waals surface area contributed by atoms with E-state index in [2.05, 4.69) is 17.2 Å². The zero-order valence-corrected chi connectivity index (χ0v) is 10.2. The lowest BCUT2D eigenvalue weighted by atomic mass is 10.2. The number of aryl methyl sites for hydroxylation is 1. The molecule has 0 bridgehead atoms. The van der Waals surface area contributed by atoms with Crippen LogP contribution in [0.5, 0.6) is 0 Å². The van der Waals surface area contributed by atoms with Crippen LogP contribution in [0, 0.1) is 17.0 Å². The molecular formula is C11H13N3O2S. The first-order valence-electron chi connectivity index (χ1n) is 4.95. The van der Waals surface area contributed by atoms with Crippen molar-refractivity contribution in [1.82, 2.24) is 5.32 Å². The van der Waals surface area contributed by atoms with Crippen LogP contribution in [0.3, 0.4) is 0 Å². The molecule has 1 aromatic rings. The van der Waals surface area contributed by atoms with Gasteiger partial charge in [-0.25, -0.2) is 0 Å². The Morgan fingerprint density at radius 1 is 1.65 bits per heavy atom. The Hall–Kier alpha value is -1.95. The van der Waals surface area contributed by atoms with E-state index in [0.717, 1.165) is 5.56 Å². The monoisotopic (exact) mass is 251 g/mol. The van der Waals surface area contributed by atoms with E-state index in [4.69, 9.17) is 12.2 Å². The zero-order valence-electron chi connectivity index (χ0n) is 9.40. The van der Waals surface area contributed by atoms with Crippen LogP contribution in [-0.4, -0.2) is 16.6 Å². The number of thiocarbonyl (C=S) groups is 1. The van der Waals surface area contributed by atoms with Gasteiger partial charge < -0.3 is 10.6 Å². The minimum atomic E-state index is -0.440. The van der Waals surface area contributed by atoms with Crippen molar-refractivity contribution in [1.29, 1.82) is 0 Å². The number of hydrogen-bond donors (Lipinski definition) is 2. The van der Waals surface area contributed by atoms with Crippen molar-refractivity contribution in [3.63, 3.8) is 0 Å². The maximum absolute atomic E-state index is 10.6. The molecule has 0 aliphatic carbocycles. The molecule has 2 N–H and O–H groups in total. The van der Waals surface area contributed by atoms with Gasteiger partial charge in [-0.1, -0.05) is 12.1 Å². The fraction of sp³-hybridized carbons (Fsp3) is 0.182. The summed E-state index contributed by atoms with van der Waals surface area (Å²) in [5.41, 5.74) is 1.55. The van der Waals surface area contributed by atoms with Crippen LogP contribution in [0.1, 0.15) is 5.56 Å². The predicted octanol–water partition coefficient (Wildman–Crippen LogP) is 2.38. The summed E-state index contributed by atoms with van der Waals surface area (Å²) in [4.78, 5) is 10.2. The highest BCUT2D eigenvalue weighted by molar-refractivity contribution is 7.80. The van der Waals surface area contributed by atoms with Gasteiger partial charge in [0, 0.05) is 24.4 Å². The highest BCUT2D eigenvalue weighted by Gasteiger charge is 2.09. The van der Waals surface area contributed by atoms with Crippen molar-refractivity contribution in [2.24, 2.45) is 0 Å². The van der Waals surface area contributed by atoms with Crippen LogP contribution in [-0.2, 0) is 0 Å². The minimum absolute atomic E-state index is 0.0321. The van der Waals surface area contributed by atoms with Crippen molar-refractivity contribution in [2.75, 3.05) is 11.9 Å². The van der Waals surface area contributed by atoms with E-state index in [1.54, 1.807) is 12.1 Å². The molecule has 5 nitrogen and oxygen atoms in total. The molecule has 0 spiro atoms. The number of nitrogens with zero attached hydrogens (tertiary/aromatic N) is 1. The van der Waals surface area contributed by atoms with Gasteiger partial charge in [-0.3, -0.25) is 10.1 Å². The first-order chi connectivity index (χ1) is 8.04. The van der Waals surface area contributed by atoms with Gasteiger partial charge in [0.2, 0.25) is 0 Å². The number of nitro groups is 1. The lowest BCUT2D eigenvalue weighted by Gasteiger charge is -2.11. The van der Waals surface area contributed by atoms with Gasteiger partial charge >= 0.3 is 0 Å². The average molecular weight is 251 g/mol. The van der Waals surface area contributed by atoms with Crippen LogP contribution >= 0.6 is 12.2 Å². The van der Waals surface area contributed by atoms with Crippen molar-refractivity contribution in [2.45, 2.75) is 6.92 Å². The van der Waals surface area contributed by atoms with Crippen molar-refractivity contribution in [3.8, 4) is 0 Å². The van der Waals surface area contributed by atoms with Crippen LogP contribution in [0.4, 0.5) is 11.4 Å². The molecule has 0 heterocycles. The molecule has 0 radical (unpaired) electrons. The lowest BCUT2D eigenvalue weighted by molar-refractivity contribution is -0.384. The van der Waals surface area contributed by atoms with Crippen molar-refractivity contribution < 1.29 is 4.92 Å². The molecule has 0 amide bonds. The minimum Gasteiger partial charge on any atom is -0.359 e. The van der Waals surface area contributed by atoms with E-state index in [0.29, 0.717) is 17.3 Å². The standard InChI is InChI=1S/C11H13N3O2S/c1-3-6-12-11(17)13-10-7-9(14(15)16)5-4-8(10)2/h3-5,7H,1,6H2,2H3,(H2,12,13,17). The Kier molecular flexibility index (Phi) is 4.59. The Bertz CT molecular complexity index is 460. The summed E-state index contributed by atoms with van der Waals surface area (Å²) in [6.07, 6.45) is 1.67. The molecule has 0 aliphatic heterocycles. The second kappa shape index (κ2) is 5.95. The Morgan fingerprint density at radius 2 is 2.35 bits per heavy atom. The normalized spacial score (nSPS) is 9.47. The first kappa shape index (κ1) is 13.1. The quantitative estimate of drug-likeness (QED) is 0.372. The summed E-state index contributed by atoms with van der Waals surface area (Å²) < 4.78 is 0. The van der Waals surface area contributed by atoms with Gasteiger partial charge in [-0.15, -0.1) is 6.58 Å². The maximum atomic E-state index is 10.6. The Balaban J connectivity index is 2.82.